The van der Waals surface area contributed by atoms with Crippen LogP contribution in [0.2, 0.25) is 0 Å². The Balaban J connectivity index is 1.98. The number of aromatic nitrogens is 2. The van der Waals surface area contributed by atoms with Gasteiger partial charge in [0.1, 0.15) is 0 Å². The van der Waals surface area contributed by atoms with Crippen molar-refractivity contribution in [1.29, 1.82) is 0 Å². The maximum Gasteiger partial charge on any atom is 0.0774 e. The zero-order valence-corrected chi connectivity index (χ0v) is 13.3. The Hall–Kier alpha value is -0.870. The second-order valence-electron chi connectivity index (χ2n) is 7.12. The highest BCUT2D eigenvalue weighted by molar-refractivity contribution is 5.04. The van der Waals surface area contributed by atoms with Gasteiger partial charge in [-0.15, -0.1) is 0 Å². The summed E-state index contributed by atoms with van der Waals surface area (Å²) in [5.41, 5.74) is 7.46. The molecule has 2 rings (SSSR count). The Bertz CT molecular complexity index is 416. The van der Waals surface area contributed by atoms with Crippen molar-refractivity contribution in [3.05, 3.63) is 18.0 Å². The smallest absolute Gasteiger partial charge is 0.0774 e. The van der Waals surface area contributed by atoms with Crippen LogP contribution < -0.4 is 5.73 Å². The van der Waals surface area contributed by atoms with Gasteiger partial charge < -0.3 is 10.5 Å². The first-order valence-corrected chi connectivity index (χ1v) is 7.74. The van der Waals surface area contributed by atoms with Crippen LogP contribution >= 0.6 is 0 Å². The molecule has 1 heterocycles. The van der Waals surface area contributed by atoms with Crippen LogP contribution in [0.3, 0.4) is 0 Å². The molecule has 0 bridgehead atoms. The average Bonchev–Trinajstić information content (AvgIpc) is 2.96. The van der Waals surface area contributed by atoms with Gasteiger partial charge in [-0.25, -0.2) is 0 Å². The molecule has 1 aromatic rings. The Morgan fingerprint density at radius 3 is 2.60 bits per heavy atom. The predicted octanol–water partition coefficient (Wildman–Crippen LogP) is 2.93. The summed E-state index contributed by atoms with van der Waals surface area (Å²) in [4.78, 5) is 0. The molecule has 0 spiro atoms. The molecule has 1 saturated carbocycles. The molecule has 2 N–H and O–H groups in total. The number of nitrogens with zero attached hydrogens (tertiary/aromatic N) is 2. The maximum absolute atomic E-state index is 6.34. The lowest BCUT2D eigenvalue weighted by atomic mass is 9.83. The van der Waals surface area contributed by atoms with Gasteiger partial charge in [0.15, 0.2) is 0 Å². The Kier molecular flexibility index (Phi) is 4.86. The zero-order valence-electron chi connectivity index (χ0n) is 13.3. The summed E-state index contributed by atoms with van der Waals surface area (Å²) in [5.74, 6) is 0. The van der Waals surface area contributed by atoms with E-state index >= 15 is 0 Å². The normalized spacial score (nSPS) is 20.2. The van der Waals surface area contributed by atoms with E-state index in [1.807, 2.05) is 0 Å². The molecule has 0 saturated heterocycles. The van der Waals surface area contributed by atoms with Crippen LogP contribution in [0.15, 0.2) is 12.3 Å². The molecule has 2 unspecified atom stereocenters. The van der Waals surface area contributed by atoms with Crippen molar-refractivity contribution < 1.29 is 4.74 Å². The second-order valence-corrected chi connectivity index (χ2v) is 7.12. The lowest BCUT2D eigenvalue weighted by Gasteiger charge is -2.33. The van der Waals surface area contributed by atoms with Crippen LogP contribution in [-0.2, 0) is 11.2 Å². The van der Waals surface area contributed by atoms with Crippen molar-refractivity contribution in [2.75, 3.05) is 7.11 Å². The second kappa shape index (κ2) is 6.27. The van der Waals surface area contributed by atoms with E-state index in [0.29, 0.717) is 6.04 Å². The molecule has 20 heavy (non-hydrogen) atoms. The summed E-state index contributed by atoms with van der Waals surface area (Å²) in [6.07, 6.45) is 8.10. The lowest BCUT2D eigenvalue weighted by molar-refractivity contribution is -0.00187. The summed E-state index contributed by atoms with van der Waals surface area (Å²) < 4.78 is 7.73. The van der Waals surface area contributed by atoms with Crippen LogP contribution in [0.5, 0.6) is 0 Å². The molecule has 0 radical (unpaired) electrons. The molecule has 0 amide bonds. The zero-order chi connectivity index (χ0) is 14.8. The molecule has 4 nitrogen and oxygen atoms in total. The number of hydrogen-bond donors (Lipinski definition) is 1. The van der Waals surface area contributed by atoms with Gasteiger partial charge in [-0.05, 0) is 24.3 Å². The highest BCUT2D eigenvalue weighted by Crippen LogP contribution is 2.29. The first-order chi connectivity index (χ1) is 9.41. The van der Waals surface area contributed by atoms with E-state index in [1.165, 1.54) is 25.7 Å². The van der Waals surface area contributed by atoms with Crippen molar-refractivity contribution in [2.24, 2.45) is 11.1 Å². The van der Waals surface area contributed by atoms with E-state index in [-0.39, 0.29) is 17.6 Å². The minimum Gasteiger partial charge on any atom is -0.379 e. The first-order valence-electron chi connectivity index (χ1n) is 7.74. The van der Waals surface area contributed by atoms with E-state index in [2.05, 4.69) is 37.7 Å². The highest BCUT2D eigenvalue weighted by Gasteiger charge is 2.30. The standard InChI is InChI=1S/C16H29N3O/c1-16(2,3)15(20-4)14(17)11-12-9-10-19(18-12)13-7-5-6-8-13/h9-10,13-15H,5-8,11,17H2,1-4H3. The fourth-order valence-corrected chi connectivity index (χ4v) is 3.38. The summed E-state index contributed by atoms with van der Waals surface area (Å²) in [7, 11) is 1.74. The lowest BCUT2D eigenvalue weighted by Crippen LogP contribution is -2.46. The molecule has 1 aliphatic rings. The SMILES string of the molecule is COC(C(N)Cc1ccn(C2CCCC2)n1)C(C)(C)C. The molecule has 1 aliphatic carbocycles. The van der Waals surface area contributed by atoms with Gasteiger partial charge in [-0.3, -0.25) is 4.68 Å². The quantitative estimate of drug-likeness (QED) is 0.901. The third-order valence-corrected chi connectivity index (χ3v) is 4.30. The topological polar surface area (TPSA) is 53.1 Å². The van der Waals surface area contributed by atoms with E-state index in [4.69, 9.17) is 15.6 Å². The Morgan fingerprint density at radius 2 is 2.05 bits per heavy atom. The van der Waals surface area contributed by atoms with E-state index in [0.717, 1.165) is 12.1 Å². The third-order valence-electron chi connectivity index (χ3n) is 4.30. The van der Waals surface area contributed by atoms with Crippen LogP contribution in [0, 0.1) is 5.41 Å². The molecular formula is C16H29N3O. The van der Waals surface area contributed by atoms with Gasteiger partial charge >= 0.3 is 0 Å². The summed E-state index contributed by atoms with van der Waals surface area (Å²) >= 11 is 0. The minimum absolute atomic E-state index is 0.0214. The van der Waals surface area contributed by atoms with Crippen molar-refractivity contribution in [3.8, 4) is 0 Å². The molecule has 114 valence electrons. The molecule has 0 aromatic carbocycles. The van der Waals surface area contributed by atoms with Crippen molar-refractivity contribution in [3.63, 3.8) is 0 Å². The highest BCUT2D eigenvalue weighted by atomic mass is 16.5. The Morgan fingerprint density at radius 1 is 1.40 bits per heavy atom. The maximum atomic E-state index is 6.34. The third kappa shape index (κ3) is 3.61. The summed E-state index contributed by atoms with van der Waals surface area (Å²) in [5, 5.41) is 4.71. The van der Waals surface area contributed by atoms with Crippen LogP contribution in [0.25, 0.3) is 0 Å². The number of nitrogens with two attached hydrogens (primary N) is 1. The molecule has 0 aliphatic heterocycles. The van der Waals surface area contributed by atoms with Crippen molar-refractivity contribution in [2.45, 2.75) is 71.1 Å². The molecule has 1 fully saturated rings. The van der Waals surface area contributed by atoms with E-state index < -0.39 is 0 Å². The van der Waals surface area contributed by atoms with Gasteiger partial charge in [0.25, 0.3) is 0 Å². The minimum atomic E-state index is -0.0214. The van der Waals surface area contributed by atoms with Gasteiger partial charge in [-0.2, -0.15) is 5.10 Å². The molecule has 4 heteroatoms. The van der Waals surface area contributed by atoms with Crippen molar-refractivity contribution >= 4 is 0 Å². The number of hydrogen-bond acceptors (Lipinski definition) is 3. The van der Waals surface area contributed by atoms with Gasteiger partial charge in [0.05, 0.1) is 17.8 Å². The van der Waals surface area contributed by atoms with Crippen molar-refractivity contribution in [1.82, 2.24) is 9.78 Å². The van der Waals surface area contributed by atoms with Gasteiger partial charge in [0, 0.05) is 25.8 Å². The van der Waals surface area contributed by atoms with Crippen LogP contribution in [0.4, 0.5) is 0 Å². The average molecular weight is 279 g/mol. The van der Waals surface area contributed by atoms with Gasteiger partial charge in [0.2, 0.25) is 0 Å². The fraction of sp³-hybridized carbons (Fsp3) is 0.812. The predicted molar refractivity (Wildman–Crippen MR) is 81.7 cm³/mol. The van der Waals surface area contributed by atoms with E-state index in [1.54, 1.807) is 7.11 Å². The molecule has 2 atom stereocenters. The summed E-state index contributed by atoms with van der Waals surface area (Å²) in [6, 6.07) is 2.68. The number of ether oxygens (including phenoxy) is 1. The first kappa shape index (κ1) is 15.5. The van der Waals surface area contributed by atoms with Crippen LogP contribution in [0.1, 0.15) is 58.2 Å². The van der Waals surface area contributed by atoms with Gasteiger partial charge in [-0.1, -0.05) is 33.6 Å². The molecular weight excluding hydrogens is 250 g/mol. The van der Waals surface area contributed by atoms with E-state index in [9.17, 15) is 0 Å². The Labute approximate surface area is 122 Å². The molecule has 1 aromatic heterocycles. The number of rotatable bonds is 5. The fourth-order valence-electron chi connectivity index (χ4n) is 3.38. The monoisotopic (exact) mass is 279 g/mol. The largest absolute Gasteiger partial charge is 0.379 e. The van der Waals surface area contributed by atoms with Crippen LogP contribution in [-0.4, -0.2) is 29.0 Å². The number of methoxy groups -OCH3 is 1. The summed E-state index contributed by atoms with van der Waals surface area (Å²) in [6.45, 7) is 6.49.